The van der Waals surface area contributed by atoms with Crippen LogP contribution < -0.4 is 15.4 Å². The van der Waals surface area contributed by atoms with Gasteiger partial charge in [0.25, 0.3) is 0 Å². The number of carbonyl (C=O) groups excluding carboxylic acids is 1. The summed E-state index contributed by atoms with van der Waals surface area (Å²) in [6, 6.07) is 5.31. The molecule has 0 heterocycles. The summed E-state index contributed by atoms with van der Waals surface area (Å²) in [7, 11) is 1.62. The van der Waals surface area contributed by atoms with Gasteiger partial charge in [-0.15, -0.1) is 6.42 Å². The Kier molecular flexibility index (Phi) is 5.06. The van der Waals surface area contributed by atoms with Crippen molar-refractivity contribution in [2.75, 3.05) is 19.0 Å². The van der Waals surface area contributed by atoms with Crippen LogP contribution in [0.25, 0.3) is 0 Å². The maximum absolute atomic E-state index is 11.6. The Morgan fingerprint density at radius 2 is 2.28 bits per heavy atom. The Morgan fingerprint density at radius 3 is 2.83 bits per heavy atom. The number of terminal acetylenes is 1. The van der Waals surface area contributed by atoms with Crippen LogP contribution in [0, 0.1) is 19.3 Å². The molecule has 0 spiro atoms. The number of hydrogen-bond acceptors (Lipinski definition) is 3. The van der Waals surface area contributed by atoms with E-state index in [0.29, 0.717) is 0 Å². The van der Waals surface area contributed by atoms with Gasteiger partial charge < -0.3 is 15.4 Å². The smallest absolute Gasteiger partial charge is 0.242 e. The molecule has 1 unspecified atom stereocenters. The minimum absolute atomic E-state index is 0.122. The van der Waals surface area contributed by atoms with Crippen LogP contribution in [0.1, 0.15) is 12.5 Å². The van der Waals surface area contributed by atoms with Gasteiger partial charge in [-0.1, -0.05) is 5.92 Å². The standard InChI is InChI=1S/C14H18N2O2/c1-5-8-15-14(17)11(3)16-13-7-6-12(18-4)9-10(13)2/h1,6-7,9,11,16H,8H2,2-4H3,(H,15,17). The molecule has 0 aliphatic heterocycles. The Bertz CT molecular complexity index is 463. The van der Waals surface area contributed by atoms with E-state index in [9.17, 15) is 4.79 Å². The van der Waals surface area contributed by atoms with E-state index < -0.39 is 0 Å². The number of hydrogen-bond donors (Lipinski definition) is 2. The van der Waals surface area contributed by atoms with Crippen LogP contribution in [0.2, 0.25) is 0 Å². The molecule has 1 aromatic rings. The van der Waals surface area contributed by atoms with Crippen LogP contribution >= 0.6 is 0 Å². The lowest BCUT2D eigenvalue weighted by Gasteiger charge is -2.16. The number of ether oxygens (including phenoxy) is 1. The number of methoxy groups -OCH3 is 1. The number of aryl methyl sites for hydroxylation is 1. The molecule has 0 bridgehead atoms. The van der Waals surface area contributed by atoms with E-state index >= 15 is 0 Å². The number of benzene rings is 1. The summed E-state index contributed by atoms with van der Waals surface area (Å²) in [5.41, 5.74) is 1.92. The summed E-state index contributed by atoms with van der Waals surface area (Å²) >= 11 is 0. The van der Waals surface area contributed by atoms with Crippen molar-refractivity contribution in [2.45, 2.75) is 19.9 Å². The molecule has 96 valence electrons. The van der Waals surface area contributed by atoms with Gasteiger partial charge in [0, 0.05) is 5.69 Å². The van der Waals surface area contributed by atoms with Gasteiger partial charge in [-0.3, -0.25) is 4.79 Å². The van der Waals surface area contributed by atoms with Gasteiger partial charge >= 0.3 is 0 Å². The molecule has 18 heavy (non-hydrogen) atoms. The number of amides is 1. The first-order chi connectivity index (χ1) is 8.58. The van der Waals surface area contributed by atoms with Crippen molar-refractivity contribution in [1.29, 1.82) is 0 Å². The molecule has 0 aromatic heterocycles. The van der Waals surface area contributed by atoms with Gasteiger partial charge in [0.05, 0.1) is 13.7 Å². The molecule has 2 N–H and O–H groups in total. The average Bonchev–Trinajstić information content (AvgIpc) is 2.38. The lowest BCUT2D eigenvalue weighted by molar-refractivity contribution is -0.121. The number of carbonyl (C=O) groups is 1. The highest BCUT2D eigenvalue weighted by molar-refractivity contribution is 5.84. The second kappa shape index (κ2) is 6.55. The first kappa shape index (κ1) is 13.9. The van der Waals surface area contributed by atoms with Crippen molar-refractivity contribution in [3.63, 3.8) is 0 Å². The second-order valence-electron chi connectivity index (χ2n) is 3.97. The molecule has 4 nitrogen and oxygen atoms in total. The first-order valence-electron chi connectivity index (χ1n) is 5.71. The van der Waals surface area contributed by atoms with E-state index in [1.165, 1.54) is 0 Å². The first-order valence-corrected chi connectivity index (χ1v) is 5.71. The fourth-order valence-corrected chi connectivity index (χ4v) is 1.52. The van der Waals surface area contributed by atoms with Crippen molar-refractivity contribution < 1.29 is 9.53 Å². The van der Waals surface area contributed by atoms with Crippen molar-refractivity contribution in [2.24, 2.45) is 0 Å². The van der Waals surface area contributed by atoms with Gasteiger partial charge in [0.1, 0.15) is 11.8 Å². The van der Waals surface area contributed by atoms with Crippen LogP contribution in [0.15, 0.2) is 18.2 Å². The zero-order valence-electron chi connectivity index (χ0n) is 10.9. The Morgan fingerprint density at radius 1 is 1.56 bits per heavy atom. The highest BCUT2D eigenvalue weighted by atomic mass is 16.5. The second-order valence-corrected chi connectivity index (χ2v) is 3.97. The van der Waals surface area contributed by atoms with Gasteiger partial charge in [-0.25, -0.2) is 0 Å². The summed E-state index contributed by atoms with van der Waals surface area (Å²) < 4.78 is 5.13. The molecule has 0 radical (unpaired) electrons. The van der Waals surface area contributed by atoms with Gasteiger partial charge in [0.2, 0.25) is 5.91 Å². The van der Waals surface area contributed by atoms with Crippen molar-refractivity contribution in [3.8, 4) is 18.1 Å². The van der Waals surface area contributed by atoms with E-state index in [1.54, 1.807) is 14.0 Å². The Balaban J connectivity index is 2.67. The molecule has 1 atom stereocenters. The van der Waals surface area contributed by atoms with E-state index in [1.807, 2.05) is 25.1 Å². The molecule has 0 saturated carbocycles. The van der Waals surface area contributed by atoms with Crippen LogP contribution in [-0.4, -0.2) is 25.6 Å². The van der Waals surface area contributed by atoms with Crippen LogP contribution in [0.5, 0.6) is 5.75 Å². The molecule has 1 aromatic carbocycles. The third kappa shape index (κ3) is 3.70. The molecule has 1 amide bonds. The van der Waals surface area contributed by atoms with Crippen LogP contribution in [0.4, 0.5) is 5.69 Å². The number of rotatable bonds is 5. The summed E-state index contributed by atoms with van der Waals surface area (Å²) in [6.45, 7) is 3.99. The predicted octanol–water partition coefficient (Wildman–Crippen LogP) is 1.55. The maximum atomic E-state index is 11.6. The minimum atomic E-state index is -0.342. The molecular formula is C14H18N2O2. The third-order valence-corrected chi connectivity index (χ3v) is 2.56. The highest BCUT2D eigenvalue weighted by Crippen LogP contribution is 2.21. The average molecular weight is 246 g/mol. The third-order valence-electron chi connectivity index (χ3n) is 2.56. The fraction of sp³-hybridized carbons (Fsp3) is 0.357. The lowest BCUT2D eigenvalue weighted by Crippen LogP contribution is -2.37. The quantitative estimate of drug-likeness (QED) is 0.775. The minimum Gasteiger partial charge on any atom is -0.497 e. The SMILES string of the molecule is C#CCNC(=O)C(C)Nc1ccc(OC)cc1C. The zero-order valence-corrected chi connectivity index (χ0v) is 10.9. The molecule has 0 saturated heterocycles. The van der Waals surface area contributed by atoms with Crippen molar-refractivity contribution in [1.82, 2.24) is 5.32 Å². The van der Waals surface area contributed by atoms with Crippen molar-refractivity contribution >= 4 is 11.6 Å². The molecule has 4 heteroatoms. The van der Waals surface area contributed by atoms with Crippen LogP contribution in [0.3, 0.4) is 0 Å². The van der Waals surface area contributed by atoms with E-state index in [-0.39, 0.29) is 18.5 Å². The number of nitrogens with one attached hydrogen (secondary N) is 2. The van der Waals surface area contributed by atoms with Gasteiger partial charge in [0.15, 0.2) is 0 Å². The highest BCUT2D eigenvalue weighted by Gasteiger charge is 2.12. The summed E-state index contributed by atoms with van der Waals surface area (Å²) in [5, 5.41) is 5.77. The topological polar surface area (TPSA) is 50.4 Å². The van der Waals surface area contributed by atoms with Gasteiger partial charge in [-0.05, 0) is 37.6 Å². The van der Waals surface area contributed by atoms with Crippen LogP contribution in [-0.2, 0) is 4.79 Å². The molecule has 0 aliphatic rings. The van der Waals surface area contributed by atoms with E-state index in [4.69, 9.17) is 11.2 Å². The Labute approximate surface area is 108 Å². The molecule has 0 fully saturated rings. The van der Waals surface area contributed by atoms with Gasteiger partial charge in [-0.2, -0.15) is 0 Å². The predicted molar refractivity (Wildman–Crippen MR) is 72.7 cm³/mol. The van der Waals surface area contributed by atoms with E-state index in [2.05, 4.69) is 16.6 Å². The van der Waals surface area contributed by atoms with E-state index in [0.717, 1.165) is 17.0 Å². The number of anilines is 1. The Hall–Kier alpha value is -2.15. The zero-order chi connectivity index (χ0) is 13.5. The lowest BCUT2D eigenvalue weighted by atomic mass is 10.1. The maximum Gasteiger partial charge on any atom is 0.242 e. The van der Waals surface area contributed by atoms with Crippen molar-refractivity contribution in [3.05, 3.63) is 23.8 Å². The largest absolute Gasteiger partial charge is 0.497 e. The summed E-state index contributed by atoms with van der Waals surface area (Å²) in [6.07, 6.45) is 5.09. The molecular weight excluding hydrogens is 228 g/mol. The molecule has 0 aliphatic carbocycles. The fourth-order valence-electron chi connectivity index (χ4n) is 1.52. The summed E-state index contributed by atoms with van der Waals surface area (Å²) in [4.78, 5) is 11.6. The monoisotopic (exact) mass is 246 g/mol. The summed E-state index contributed by atoms with van der Waals surface area (Å²) in [5.74, 6) is 3.04. The normalized spacial score (nSPS) is 11.2. The molecule has 1 rings (SSSR count).